The summed E-state index contributed by atoms with van der Waals surface area (Å²) in [5.74, 6) is 0.0604. The first-order valence-electron chi connectivity index (χ1n) is 8.01. The Labute approximate surface area is 143 Å². The molecule has 0 unspecified atom stereocenters. The van der Waals surface area contributed by atoms with Gasteiger partial charge >= 0.3 is 0 Å². The maximum atomic E-state index is 12.4. The molecule has 1 amide bonds. The van der Waals surface area contributed by atoms with Crippen LogP contribution < -0.4 is 5.32 Å². The second-order valence-electron chi connectivity index (χ2n) is 6.19. The minimum atomic E-state index is -0.390. The number of nitriles is 1. The van der Waals surface area contributed by atoms with Gasteiger partial charge in [-0.1, -0.05) is 50.2 Å². The molecule has 0 aliphatic heterocycles. The van der Waals surface area contributed by atoms with Crippen molar-refractivity contribution in [1.29, 1.82) is 5.26 Å². The standard InChI is InChI=1S/C21H22N2O/c1-14(2)18-10-8-17(9-11-18)12-19(13-22)21(24)23-20-7-5-6-15(3)16(20)4/h5-12,14H,1-4H3,(H,23,24)/b19-12+. The Balaban J connectivity index is 2.22. The van der Waals surface area contributed by atoms with Gasteiger partial charge in [0.2, 0.25) is 0 Å². The van der Waals surface area contributed by atoms with Gasteiger partial charge in [0.05, 0.1) is 0 Å². The Hall–Kier alpha value is -2.86. The normalized spacial score (nSPS) is 11.2. The summed E-state index contributed by atoms with van der Waals surface area (Å²) in [6.45, 7) is 8.19. The van der Waals surface area contributed by atoms with Crippen molar-refractivity contribution in [3.63, 3.8) is 0 Å². The molecule has 1 N–H and O–H groups in total. The molecule has 122 valence electrons. The molecule has 2 aromatic rings. The topological polar surface area (TPSA) is 52.9 Å². The van der Waals surface area contributed by atoms with Crippen LogP contribution in [0.2, 0.25) is 0 Å². The van der Waals surface area contributed by atoms with Crippen LogP contribution in [0.3, 0.4) is 0 Å². The Bertz CT molecular complexity index is 809. The molecule has 24 heavy (non-hydrogen) atoms. The highest BCUT2D eigenvalue weighted by Crippen LogP contribution is 2.20. The molecule has 0 heterocycles. The zero-order valence-corrected chi connectivity index (χ0v) is 14.6. The van der Waals surface area contributed by atoms with E-state index in [9.17, 15) is 10.1 Å². The first-order valence-corrected chi connectivity index (χ1v) is 8.01. The third-order valence-corrected chi connectivity index (χ3v) is 4.13. The summed E-state index contributed by atoms with van der Waals surface area (Å²) in [5, 5.41) is 12.1. The fourth-order valence-corrected chi connectivity index (χ4v) is 2.37. The van der Waals surface area contributed by atoms with Crippen LogP contribution >= 0.6 is 0 Å². The number of hydrogen-bond donors (Lipinski definition) is 1. The first kappa shape index (κ1) is 17.5. The Morgan fingerprint density at radius 1 is 1.12 bits per heavy atom. The molecule has 0 spiro atoms. The summed E-state index contributed by atoms with van der Waals surface area (Å²) in [5.41, 5.74) is 4.99. The summed E-state index contributed by atoms with van der Waals surface area (Å²) in [6.07, 6.45) is 1.62. The van der Waals surface area contributed by atoms with E-state index in [0.717, 1.165) is 22.4 Å². The van der Waals surface area contributed by atoms with Crippen molar-refractivity contribution in [2.45, 2.75) is 33.6 Å². The molecule has 2 aromatic carbocycles. The van der Waals surface area contributed by atoms with E-state index in [1.165, 1.54) is 5.56 Å². The van der Waals surface area contributed by atoms with Gasteiger partial charge in [0, 0.05) is 5.69 Å². The number of hydrogen-bond acceptors (Lipinski definition) is 2. The molecule has 0 bridgehead atoms. The smallest absolute Gasteiger partial charge is 0.266 e. The van der Waals surface area contributed by atoms with E-state index in [4.69, 9.17) is 0 Å². The van der Waals surface area contributed by atoms with E-state index in [0.29, 0.717) is 5.92 Å². The highest BCUT2D eigenvalue weighted by Gasteiger charge is 2.11. The summed E-state index contributed by atoms with van der Waals surface area (Å²) >= 11 is 0. The van der Waals surface area contributed by atoms with Gasteiger partial charge in [-0.3, -0.25) is 4.79 Å². The lowest BCUT2D eigenvalue weighted by Gasteiger charge is -2.10. The van der Waals surface area contributed by atoms with Gasteiger partial charge in [0.1, 0.15) is 11.6 Å². The van der Waals surface area contributed by atoms with Gasteiger partial charge in [-0.05, 0) is 54.2 Å². The highest BCUT2D eigenvalue weighted by molar-refractivity contribution is 6.10. The lowest BCUT2D eigenvalue weighted by Crippen LogP contribution is -2.14. The number of benzene rings is 2. The second kappa shape index (κ2) is 7.61. The number of aryl methyl sites for hydroxylation is 1. The maximum absolute atomic E-state index is 12.4. The van der Waals surface area contributed by atoms with E-state index in [1.807, 2.05) is 62.4 Å². The molecule has 0 atom stereocenters. The summed E-state index contributed by atoms with van der Waals surface area (Å²) in [4.78, 5) is 12.4. The van der Waals surface area contributed by atoms with Crippen LogP contribution in [0.1, 0.15) is 42.0 Å². The molecule has 2 rings (SSSR count). The van der Waals surface area contributed by atoms with E-state index < -0.39 is 0 Å². The van der Waals surface area contributed by atoms with E-state index >= 15 is 0 Å². The zero-order valence-electron chi connectivity index (χ0n) is 14.6. The zero-order chi connectivity index (χ0) is 17.7. The third kappa shape index (κ3) is 4.11. The molecule has 3 nitrogen and oxygen atoms in total. The summed E-state index contributed by atoms with van der Waals surface area (Å²) < 4.78 is 0. The fourth-order valence-electron chi connectivity index (χ4n) is 2.37. The van der Waals surface area contributed by atoms with Crippen molar-refractivity contribution in [2.75, 3.05) is 5.32 Å². The average molecular weight is 318 g/mol. The fraction of sp³-hybridized carbons (Fsp3) is 0.238. The molecular formula is C21H22N2O. The van der Waals surface area contributed by atoms with Gasteiger partial charge in [-0.25, -0.2) is 0 Å². The van der Waals surface area contributed by atoms with Crippen molar-refractivity contribution in [3.8, 4) is 6.07 Å². The number of carbonyl (C=O) groups is 1. The highest BCUT2D eigenvalue weighted by atomic mass is 16.1. The molecule has 0 fully saturated rings. The first-order chi connectivity index (χ1) is 11.4. The van der Waals surface area contributed by atoms with Crippen molar-refractivity contribution >= 4 is 17.7 Å². The SMILES string of the molecule is Cc1cccc(NC(=O)/C(C#N)=C/c2ccc(C(C)C)cc2)c1C. The van der Waals surface area contributed by atoms with Gasteiger partial charge in [-0.2, -0.15) is 5.26 Å². The van der Waals surface area contributed by atoms with E-state index in [2.05, 4.69) is 19.2 Å². The molecular weight excluding hydrogens is 296 g/mol. The van der Waals surface area contributed by atoms with Gasteiger partial charge in [0.25, 0.3) is 5.91 Å². The molecule has 3 heteroatoms. The number of nitrogens with one attached hydrogen (secondary N) is 1. The van der Waals surface area contributed by atoms with E-state index in [1.54, 1.807) is 6.08 Å². The number of amides is 1. The van der Waals surface area contributed by atoms with Crippen LogP contribution in [-0.2, 0) is 4.79 Å². The van der Waals surface area contributed by atoms with Crippen LogP contribution in [-0.4, -0.2) is 5.91 Å². The van der Waals surface area contributed by atoms with Crippen molar-refractivity contribution < 1.29 is 4.79 Å². The molecule has 0 radical (unpaired) electrons. The minimum Gasteiger partial charge on any atom is -0.321 e. The number of rotatable bonds is 4. The molecule has 0 aliphatic carbocycles. The van der Waals surface area contributed by atoms with Crippen LogP contribution in [0.25, 0.3) is 6.08 Å². The molecule has 0 saturated carbocycles. The van der Waals surface area contributed by atoms with Crippen molar-refractivity contribution in [3.05, 3.63) is 70.3 Å². The largest absolute Gasteiger partial charge is 0.321 e. The lowest BCUT2D eigenvalue weighted by molar-refractivity contribution is -0.112. The summed E-state index contributed by atoms with van der Waals surface area (Å²) in [7, 11) is 0. The molecule has 0 aliphatic rings. The van der Waals surface area contributed by atoms with Crippen LogP contribution in [0, 0.1) is 25.2 Å². The van der Waals surface area contributed by atoms with Gasteiger partial charge < -0.3 is 5.32 Å². The monoisotopic (exact) mass is 318 g/mol. The number of carbonyl (C=O) groups excluding carboxylic acids is 1. The maximum Gasteiger partial charge on any atom is 0.266 e. The number of nitrogens with zero attached hydrogens (tertiary/aromatic N) is 1. The van der Waals surface area contributed by atoms with Gasteiger partial charge in [-0.15, -0.1) is 0 Å². The van der Waals surface area contributed by atoms with Crippen LogP contribution in [0.5, 0.6) is 0 Å². The predicted molar refractivity (Wildman–Crippen MR) is 98.7 cm³/mol. The summed E-state index contributed by atoms with van der Waals surface area (Å²) in [6, 6.07) is 15.6. The number of anilines is 1. The Morgan fingerprint density at radius 3 is 2.38 bits per heavy atom. The Kier molecular flexibility index (Phi) is 5.55. The second-order valence-corrected chi connectivity index (χ2v) is 6.19. The van der Waals surface area contributed by atoms with Crippen LogP contribution in [0.4, 0.5) is 5.69 Å². The molecule has 0 saturated heterocycles. The third-order valence-electron chi connectivity index (χ3n) is 4.13. The quantitative estimate of drug-likeness (QED) is 0.639. The lowest BCUT2D eigenvalue weighted by atomic mass is 10.0. The average Bonchev–Trinajstić information content (AvgIpc) is 2.57. The van der Waals surface area contributed by atoms with Gasteiger partial charge in [0.15, 0.2) is 0 Å². The predicted octanol–water partition coefficient (Wildman–Crippen LogP) is 4.97. The minimum absolute atomic E-state index is 0.0909. The van der Waals surface area contributed by atoms with Crippen molar-refractivity contribution in [2.24, 2.45) is 0 Å². The molecule has 0 aromatic heterocycles. The van der Waals surface area contributed by atoms with Crippen molar-refractivity contribution in [1.82, 2.24) is 0 Å². The van der Waals surface area contributed by atoms with E-state index in [-0.39, 0.29) is 11.5 Å². The van der Waals surface area contributed by atoms with Crippen LogP contribution in [0.15, 0.2) is 48.0 Å². The Morgan fingerprint density at radius 2 is 1.79 bits per heavy atom.